The maximum absolute atomic E-state index is 13.2. The average molecular weight is 889 g/mol. The summed E-state index contributed by atoms with van der Waals surface area (Å²) < 4.78 is 0. The predicted molar refractivity (Wildman–Crippen MR) is 255 cm³/mol. The Kier molecular flexibility index (Phi) is 14.2. The molecular weight excluding hydrogens is 817 g/mol. The number of nitrogens with zero attached hydrogens (tertiary/aromatic N) is 10. The molecule has 11 rings (SSSR count). The number of likely N-dealkylation sites (tertiary alicyclic amines) is 2. The van der Waals surface area contributed by atoms with E-state index in [0.29, 0.717) is 23.7 Å². The van der Waals surface area contributed by atoms with E-state index in [-0.39, 0.29) is 23.9 Å². The van der Waals surface area contributed by atoms with E-state index < -0.39 is 0 Å². The van der Waals surface area contributed by atoms with Gasteiger partial charge in [0, 0.05) is 79.8 Å². The van der Waals surface area contributed by atoms with Gasteiger partial charge >= 0.3 is 0 Å². The molecule has 1 saturated carbocycles. The van der Waals surface area contributed by atoms with Crippen LogP contribution in [0.25, 0.3) is 0 Å². The van der Waals surface area contributed by atoms with E-state index in [4.69, 9.17) is 19.9 Å². The van der Waals surface area contributed by atoms with Crippen LogP contribution in [0.3, 0.4) is 0 Å². The van der Waals surface area contributed by atoms with Crippen LogP contribution in [0.5, 0.6) is 0 Å². The summed E-state index contributed by atoms with van der Waals surface area (Å²) in [6.45, 7) is 13.5. The third-order valence-electron chi connectivity index (χ3n) is 14.6. The fourth-order valence-electron chi connectivity index (χ4n) is 11.1. The summed E-state index contributed by atoms with van der Waals surface area (Å²) in [7, 11) is 0. The SMILES string of the molecule is CC.CC(C)c1cc(Nc2nc(N3CCCC3C(=O)N3CCCC3)nc3c2CCC3)n[nH]1.O=C(C1CCCN1c1nc2c(c(Nc3cc(C4CCCCC4)[nH]n3)n1)CCC2)N1CCCC1. The number of hydrogen-bond acceptors (Lipinski definition) is 12. The second-order valence-corrected chi connectivity index (χ2v) is 19.2. The smallest absolute Gasteiger partial charge is 0.245 e. The van der Waals surface area contributed by atoms with Gasteiger partial charge in [0.25, 0.3) is 0 Å². The first-order valence-electron chi connectivity index (χ1n) is 25.4. The first-order chi connectivity index (χ1) is 31.9. The molecule has 0 aromatic carbocycles. The number of H-pyrrole nitrogens is 2. The molecule has 4 aromatic rings. The summed E-state index contributed by atoms with van der Waals surface area (Å²) in [5.74, 6) is 6.21. The molecule has 2 amide bonds. The molecule has 16 nitrogen and oxygen atoms in total. The van der Waals surface area contributed by atoms with E-state index in [2.05, 4.69) is 60.7 Å². The Labute approximate surface area is 384 Å². The molecule has 0 bridgehead atoms. The van der Waals surface area contributed by atoms with Crippen molar-refractivity contribution in [3.8, 4) is 0 Å². The molecule has 4 aliphatic heterocycles. The number of amides is 2. The second-order valence-electron chi connectivity index (χ2n) is 19.2. The number of hydrogen-bond donors (Lipinski definition) is 4. The van der Waals surface area contributed by atoms with Gasteiger partial charge in [-0.25, -0.2) is 9.97 Å². The molecule has 0 spiro atoms. The quantitative estimate of drug-likeness (QED) is 0.120. The number of aryl methyl sites for hydroxylation is 2. The van der Waals surface area contributed by atoms with Crippen molar-refractivity contribution in [2.45, 2.75) is 174 Å². The van der Waals surface area contributed by atoms with E-state index in [0.717, 1.165) is 170 Å². The van der Waals surface area contributed by atoms with Crippen LogP contribution in [0.1, 0.15) is 170 Å². The fraction of sp³-hybridized carbons (Fsp3) is 0.673. The molecule has 2 unspecified atom stereocenters. The first-order valence-corrected chi connectivity index (χ1v) is 25.4. The highest BCUT2D eigenvalue weighted by Gasteiger charge is 2.39. The van der Waals surface area contributed by atoms with Crippen molar-refractivity contribution in [3.63, 3.8) is 0 Å². The topological polar surface area (TPSA) is 180 Å². The summed E-state index contributed by atoms with van der Waals surface area (Å²) in [6, 6.07) is 3.95. The summed E-state index contributed by atoms with van der Waals surface area (Å²) in [5.41, 5.74) is 6.97. The largest absolute Gasteiger partial charge is 0.341 e. The molecule has 4 saturated heterocycles. The third kappa shape index (κ3) is 9.82. The normalized spacial score (nSPS) is 21.6. The number of aromatic nitrogens is 8. The van der Waals surface area contributed by atoms with Crippen LogP contribution >= 0.6 is 0 Å². The highest BCUT2D eigenvalue weighted by Crippen LogP contribution is 2.37. The number of carbonyl (C=O) groups is 2. The number of rotatable bonds is 10. The van der Waals surface area contributed by atoms with Gasteiger partial charge < -0.3 is 30.2 Å². The molecule has 4 aromatic heterocycles. The zero-order valence-corrected chi connectivity index (χ0v) is 39.4. The minimum atomic E-state index is -0.131. The Bertz CT molecular complexity index is 2250. The second kappa shape index (κ2) is 20.5. The van der Waals surface area contributed by atoms with Gasteiger partial charge in [0.15, 0.2) is 11.6 Å². The van der Waals surface area contributed by atoms with Crippen molar-refractivity contribution in [2.24, 2.45) is 0 Å². The zero-order chi connectivity index (χ0) is 44.9. The highest BCUT2D eigenvalue weighted by atomic mass is 16.2. The van der Waals surface area contributed by atoms with Crippen LogP contribution in [0.15, 0.2) is 12.1 Å². The lowest BCUT2D eigenvalue weighted by Crippen LogP contribution is -2.45. The van der Waals surface area contributed by atoms with Crippen LogP contribution in [0, 0.1) is 0 Å². The lowest BCUT2D eigenvalue weighted by molar-refractivity contribution is -0.132. The number of anilines is 6. The predicted octanol–water partition coefficient (Wildman–Crippen LogP) is 8.24. The Hall–Kier alpha value is -5.28. The number of nitrogens with one attached hydrogen (secondary N) is 4. The average Bonchev–Trinajstić information content (AvgIpc) is 4.17. The molecule has 7 aliphatic rings. The van der Waals surface area contributed by atoms with Gasteiger partial charge in [0.2, 0.25) is 23.7 Å². The van der Waals surface area contributed by atoms with Gasteiger partial charge in [0.1, 0.15) is 23.7 Å². The summed E-state index contributed by atoms with van der Waals surface area (Å²) >= 11 is 0. The molecule has 16 heteroatoms. The lowest BCUT2D eigenvalue weighted by atomic mass is 9.87. The van der Waals surface area contributed by atoms with Gasteiger partial charge in [0.05, 0.1) is 11.4 Å². The minimum Gasteiger partial charge on any atom is -0.341 e. The van der Waals surface area contributed by atoms with Gasteiger partial charge in [-0.2, -0.15) is 20.2 Å². The third-order valence-corrected chi connectivity index (χ3v) is 14.6. The monoisotopic (exact) mass is 889 g/mol. The molecule has 5 fully saturated rings. The lowest BCUT2D eigenvalue weighted by Gasteiger charge is -2.28. The summed E-state index contributed by atoms with van der Waals surface area (Å²) in [4.78, 5) is 54.4. The molecule has 4 N–H and O–H groups in total. The molecule has 0 radical (unpaired) electrons. The van der Waals surface area contributed by atoms with Gasteiger partial charge in [-0.3, -0.25) is 19.8 Å². The van der Waals surface area contributed by atoms with E-state index in [1.807, 2.05) is 29.7 Å². The van der Waals surface area contributed by atoms with Crippen molar-refractivity contribution in [3.05, 3.63) is 46.0 Å². The Morgan fingerprint density at radius 3 is 1.55 bits per heavy atom. The molecule has 65 heavy (non-hydrogen) atoms. The molecule has 3 aliphatic carbocycles. The van der Waals surface area contributed by atoms with Crippen LogP contribution in [-0.4, -0.2) is 113 Å². The minimum absolute atomic E-state index is 0.126. The molecule has 8 heterocycles. The molecular formula is C49H72N14O2. The van der Waals surface area contributed by atoms with Gasteiger partial charge in [-0.15, -0.1) is 0 Å². The number of carbonyl (C=O) groups excluding carboxylic acids is 2. The zero-order valence-electron chi connectivity index (χ0n) is 39.4. The Morgan fingerprint density at radius 2 is 1.06 bits per heavy atom. The van der Waals surface area contributed by atoms with Crippen LogP contribution < -0.4 is 20.4 Å². The van der Waals surface area contributed by atoms with Crippen molar-refractivity contribution < 1.29 is 9.59 Å². The Balaban J connectivity index is 0.000000159. The van der Waals surface area contributed by atoms with Crippen LogP contribution in [0.2, 0.25) is 0 Å². The van der Waals surface area contributed by atoms with Gasteiger partial charge in [-0.1, -0.05) is 47.0 Å². The summed E-state index contributed by atoms with van der Waals surface area (Å²) in [5, 5.41) is 22.3. The van der Waals surface area contributed by atoms with Crippen molar-refractivity contribution in [1.29, 1.82) is 0 Å². The van der Waals surface area contributed by atoms with Crippen LogP contribution in [-0.2, 0) is 35.3 Å². The maximum Gasteiger partial charge on any atom is 0.245 e. The van der Waals surface area contributed by atoms with E-state index in [9.17, 15) is 9.59 Å². The first kappa shape index (κ1) is 44.9. The van der Waals surface area contributed by atoms with E-state index in [1.54, 1.807) is 0 Å². The van der Waals surface area contributed by atoms with Crippen molar-refractivity contribution in [2.75, 3.05) is 59.7 Å². The number of fused-ring (bicyclic) bond motifs is 2. The van der Waals surface area contributed by atoms with E-state index >= 15 is 0 Å². The van der Waals surface area contributed by atoms with Gasteiger partial charge in [-0.05, 0) is 109 Å². The van der Waals surface area contributed by atoms with Crippen molar-refractivity contribution in [1.82, 2.24) is 50.1 Å². The maximum atomic E-state index is 13.2. The molecule has 350 valence electrons. The summed E-state index contributed by atoms with van der Waals surface area (Å²) in [6.07, 6.45) is 20.8. The Morgan fingerprint density at radius 1 is 0.569 bits per heavy atom. The standard InChI is InChI=1S/C25H35N7O.C22H31N7O.C2H6/c33-24(31-13-4-5-14-31)21-12-7-15-32(21)25-26-19-11-6-10-18(19)23(28-25)27-22-16-20(29-30-22)17-8-2-1-3-9-17;1-14(2)17-13-19(27-26-17)24-20-15-7-5-8-16(15)23-22(25-20)29-12-6-9-18(29)21(30)28-10-3-4-11-28;1-2/h16-17,21H,1-15H2,(H2,26,27,28,29,30);13-14,18H,3-12H2,1-2H3,(H2,23,24,25,26,27);1-2H3. The van der Waals surface area contributed by atoms with Crippen molar-refractivity contribution >= 4 is 47.0 Å². The highest BCUT2D eigenvalue weighted by molar-refractivity contribution is 5.86. The number of aromatic amines is 2. The fourth-order valence-corrected chi connectivity index (χ4v) is 11.1. The van der Waals surface area contributed by atoms with Crippen LogP contribution in [0.4, 0.5) is 35.2 Å². The van der Waals surface area contributed by atoms with E-state index in [1.165, 1.54) is 48.9 Å². The molecule has 2 atom stereocenters.